The van der Waals surface area contributed by atoms with E-state index in [1.807, 2.05) is 0 Å². The number of carboxylic acids is 1. The largest absolute Gasteiger partial charge is 0.497 e. The molecule has 0 bridgehead atoms. The second kappa shape index (κ2) is 8.26. The number of rotatable bonds is 8. The number of aliphatic hydroxyl groups excluding tert-OH is 1. The maximum Gasteiger partial charge on any atom is 0.308 e. The molecule has 2 N–H and O–H groups in total. The summed E-state index contributed by atoms with van der Waals surface area (Å²) in [6.07, 6.45) is 0.411. The molecule has 1 atom stereocenters. The standard InChI is InChI=1S/C15H21NO5/c1-11(15(19)20)10-16(8-3-9-17)14(18)12-4-6-13(21-2)7-5-12/h4-7,11,17H,3,8-10H2,1-2H3,(H,19,20). The lowest BCUT2D eigenvalue weighted by Gasteiger charge is -2.24. The molecule has 0 aliphatic heterocycles. The second-order valence-electron chi connectivity index (χ2n) is 4.80. The van der Waals surface area contributed by atoms with Crippen LogP contribution in [-0.4, -0.2) is 53.8 Å². The quantitative estimate of drug-likeness (QED) is 0.753. The van der Waals surface area contributed by atoms with Gasteiger partial charge in [0.05, 0.1) is 13.0 Å². The van der Waals surface area contributed by atoms with Gasteiger partial charge in [-0.15, -0.1) is 0 Å². The maximum atomic E-state index is 12.4. The summed E-state index contributed by atoms with van der Waals surface area (Å²) < 4.78 is 5.03. The van der Waals surface area contributed by atoms with Gasteiger partial charge in [0.25, 0.3) is 5.91 Å². The van der Waals surface area contributed by atoms with Crippen molar-refractivity contribution in [3.05, 3.63) is 29.8 Å². The fourth-order valence-electron chi connectivity index (χ4n) is 1.86. The molecular weight excluding hydrogens is 274 g/mol. The summed E-state index contributed by atoms with van der Waals surface area (Å²) >= 11 is 0. The smallest absolute Gasteiger partial charge is 0.308 e. The van der Waals surface area contributed by atoms with Gasteiger partial charge in [-0.3, -0.25) is 9.59 Å². The normalized spacial score (nSPS) is 11.8. The monoisotopic (exact) mass is 295 g/mol. The molecule has 6 nitrogen and oxygen atoms in total. The molecule has 0 fully saturated rings. The highest BCUT2D eigenvalue weighted by Crippen LogP contribution is 2.14. The van der Waals surface area contributed by atoms with Crippen molar-refractivity contribution in [1.82, 2.24) is 4.90 Å². The van der Waals surface area contributed by atoms with Crippen LogP contribution in [0.3, 0.4) is 0 Å². The van der Waals surface area contributed by atoms with Crippen LogP contribution >= 0.6 is 0 Å². The van der Waals surface area contributed by atoms with Crippen molar-refractivity contribution in [2.24, 2.45) is 5.92 Å². The van der Waals surface area contributed by atoms with Crippen molar-refractivity contribution in [1.29, 1.82) is 0 Å². The Morgan fingerprint density at radius 1 is 1.29 bits per heavy atom. The Hall–Kier alpha value is -2.08. The molecule has 6 heteroatoms. The molecule has 1 aromatic rings. The third-order valence-corrected chi connectivity index (χ3v) is 3.13. The fraction of sp³-hybridized carbons (Fsp3) is 0.467. The lowest BCUT2D eigenvalue weighted by molar-refractivity contribution is -0.141. The van der Waals surface area contributed by atoms with Crippen molar-refractivity contribution < 1.29 is 24.5 Å². The molecule has 1 amide bonds. The van der Waals surface area contributed by atoms with Gasteiger partial charge in [0.1, 0.15) is 5.75 Å². The molecule has 0 heterocycles. The molecular formula is C15H21NO5. The Bertz CT molecular complexity index is 471. The number of carboxylic acid groups (broad SMARTS) is 1. The molecule has 0 aliphatic carbocycles. The lowest BCUT2D eigenvalue weighted by atomic mass is 10.1. The topological polar surface area (TPSA) is 87.1 Å². The van der Waals surface area contributed by atoms with E-state index in [1.54, 1.807) is 38.3 Å². The molecule has 0 saturated carbocycles. The first kappa shape index (κ1) is 17.0. The third kappa shape index (κ3) is 5.07. The summed E-state index contributed by atoms with van der Waals surface area (Å²) in [5.41, 5.74) is 0.464. The molecule has 21 heavy (non-hydrogen) atoms. The summed E-state index contributed by atoms with van der Waals surface area (Å²) in [7, 11) is 1.54. The molecule has 1 aromatic carbocycles. The Morgan fingerprint density at radius 2 is 1.90 bits per heavy atom. The highest BCUT2D eigenvalue weighted by molar-refractivity contribution is 5.94. The first-order chi connectivity index (χ1) is 9.99. The number of aliphatic hydroxyl groups is 1. The van der Waals surface area contributed by atoms with Gasteiger partial charge in [-0.2, -0.15) is 0 Å². The molecule has 0 radical (unpaired) electrons. The number of aliphatic carboxylic acids is 1. The van der Waals surface area contributed by atoms with Gasteiger partial charge in [-0.25, -0.2) is 0 Å². The number of methoxy groups -OCH3 is 1. The zero-order chi connectivity index (χ0) is 15.8. The average Bonchev–Trinajstić information content (AvgIpc) is 2.50. The summed E-state index contributed by atoms with van der Waals surface area (Å²) in [6, 6.07) is 6.63. The van der Waals surface area contributed by atoms with Gasteiger partial charge >= 0.3 is 5.97 Å². The van der Waals surface area contributed by atoms with Gasteiger partial charge in [0.2, 0.25) is 0 Å². The zero-order valence-electron chi connectivity index (χ0n) is 12.3. The molecule has 116 valence electrons. The maximum absolute atomic E-state index is 12.4. The number of hydrogen-bond donors (Lipinski definition) is 2. The van der Waals surface area contributed by atoms with Crippen molar-refractivity contribution in [3.63, 3.8) is 0 Å². The van der Waals surface area contributed by atoms with Crippen LogP contribution in [0.2, 0.25) is 0 Å². The van der Waals surface area contributed by atoms with Crippen molar-refractivity contribution in [3.8, 4) is 5.75 Å². The Labute approximate surface area is 124 Å². The number of hydrogen-bond acceptors (Lipinski definition) is 4. The SMILES string of the molecule is COc1ccc(C(=O)N(CCCO)CC(C)C(=O)O)cc1. The fourth-order valence-corrected chi connectivity index (χ4v) is 1.86. The number of benzene rings is 1. The number of carbonyl (C=O) groups excluding carboxylic acids is 1. The molecule has 1 unspecified atom stereocenters. The minimum Gasteiger partial charge on any atom is -0.497 e. The van der Waals surface area contributed by atoms with Crippen LogP contribution in [0, 0.1) is 5.92 Å². The van der Waals surface area contributed by atoms with Crippen LogP contribution in [0.4, 0.5) is 0 Å². The first-order valence-corrected chi connectivity index (χ1v) is 6.76. The van der Waals surface area contributed by atoms with E-state index in [9.17, 15) is 9.59 Å². The van der Waals surface area contributed by atoms with Crippen LogP contribution in [0.15, 0.2) is 24.3 Å². The Kier molecular flexibility index (Phi) is 6.68. The highest BCUT2D eigenvalue weighted by atomic mass is 16.5. The minimum atomic E-state index is -0.952. The third-order valence-electron chi connectivity index (χ3n) is 3.13. The Balaban J connectivity index is 2.84. The summed E-state index contributed by atoms with van der Waals surface area (Å²) in [5.74, 6) is -1.22. The van der Waals surface area contributed by atoms with Crippen LogP contribution in [-0.2, 0) is 4.79 Å². The van der Waals surface area contributed by atoms with Gasteiger partial charge in [0, 0.05) is 25.3 Å². The van der Waals surface area contributed by atoms with Gasteiger partial charge in [-0.1, -0.05) is 6.92 Å². The molecule has 0 aliphatic rings. The number of nitrogens with zero attached hydrogens (tertiary/aromatic N) is 1. The van der Waals surface area contributed by atoms with E-state index in [1.165, 1.54) is 4.90 Å². The van der Waals surface area contributed by atoms with E-state index < -0.39 is 11.9 Å². The lowest BCUT2D eigenvalue weighted by Crippen LogP contribution is -2.38. The second-order valence-corrected chi connectivity index (χ2v) is 4.80. The predicted octanol–water partition coefficient (Wildman–Crippen LogP) is 1.24. The van der Waals surface area contributed by atoms with E-state index in [-0.39, 0.29) is 19.1 Å². The number of ether oxygens (including phenoxy) is 1. The van der Waals surface area contributed by atoms with Crippen molar-refractivity contribution in [2.45, 2.75) is 13.3 Å². The van der Waals surface area contributed by atoms with E-state index in [0.717, 1.165) is 0 Å². The van der Waals surface area contributed by atoms with Crippen molar-refractivity contribution >= 4 is 11.9 Å². The molecule has 1 rings (SSSR count). The van der Waals surface area contributed by atoms with E-state index in [0.29, 0.717) is 24.3 Å². The summed E-state index contributed by atoms with van der Waals surface area (Å²) in [4.78, 5) is 24.8. The van der Waals surface area contributed by atoms with Crippen LogP contribution in [0.1, 0.15) is 23.7 Å². The number of amides is 1. The average molecular weight is 295 g/mol. The first-order valence-electron chi connectivity index (χ1n) is 6.76. The number of carbonyl (C=O) groups is 2. The highest BCUT2D eigenvalue weighted by Gasteiger charge is 2.21. The molecule has 0 aromatic heterocycles. The van der Waals surface area contributed by atoms with Gasteiger partial charge < -0.3 is 19.8 Å². The van der Waals surface area contributed by atoms with E-state index in [2.05, 4.69) is 0 Å². The minimum absolute atomic E-state index is 0.0478. The van der Waals surface area contributed by atoms with Crippen LogP contribution in [0.5, 0.6) is 5.75 Å². The van der Waals surface area contributed by atoms with E-state index >= 15 is 0 Å². The van der Waals surface area contributed by atoms with Crippen LogP contribution < -0.4 is 4.74 Å². The molecule has 0 saturated heterocycles. The summed E-state index contributed by atoms with van der Waals surface area (Å²) in [6.45, 7) is 1.93. The van der Waals surface area contributed by atoms with E-state index in [4.69, 9.17) is 14.9 Å². The van der Waals surface area contributed by atoms with Crippen molar-refractivity contribution in [2.75, 3.05) is 26.8 Å². The van der Waals surface area contributed by atoms with Gasteiger partial charge in [-0.05, 0) is 30.7 Å². The van der Waals surface area contributed by atoms with Gasteiger partial charge in [0.15, 0.2) is 0 Å². The zero-order valence-corrected chi connectivity index (χ0v) is 12.3. The van der Waals surface area contributed by atoms with Crippen LogP contribution in [0.25, 0.3) is 0 Å². The summed E-state index contributed by atoms with van der Waals surface area (Å²) in [5, 5.41) is 17.9. The predicted molar refractivity (Wildman–Crippen MR) is 77.4 cm³/mol. The Morgan fingerprint density at radius 3 is 2.38 bits per heavy atom. The molecule has 0 spiro atoms.